The Labute approximate surface area is 230 Å². The predicted molar refractivity (Wildman–Crippen MR) is 141 cm³/mol. The molecule has 2 aliphatic rings. The SMILES string of the molecule is CC(CC(F)(F)F)C(=O)N1CC[C@](O)(Cn2cc(C(=O)N(C)C)c(-c3ccccc3F)cc2=O)C2(CCCC2)C1. The first-order valence-electron chi connectivity index (χ1n) is 13.5. The van der Waals surface area contributed by atoms with E-state index in [9.17, 15) is 37.1 Å². The topological polar surface area (TPSA) is 82.8 Å². The Morgan fingerprint density at radius 1 is 1.10 bits per heavy atom. The van der Waals surface area contributed by atoms with E-state index in [1.165, 1.54) is 65.8 Å². The molecule has 1 aliphatic heterocycles. The standard InChI is InChI=1S/C29H35F4N3O4/c1-19(15-29(31,32)33)25(38)35-13-12-28(40,27(17-35)10-6-7-11-27)18-36-16-22(26(39)34(2)3)21(14-24(36)37)20-8-4-5-9-23(20)30/h4-5,8-9,14,16,19,40H,6-7,10-13,15,17-18H2,1-3H3/t19?,28-/m0/s1. The third-order valence-electron chi connectivity index (χ3n) is 8.47. The molecule has 2 fully saturated rings. The Morgan fingerprint density at radius 3 is 2.35 bits per heavy atom. The smallest absolute Gasteiger partial charge is 0.387 e. The number of aliphatic hydroxyl groups is 1. The largest absolute Gasteiger partial charge is 0.389 e. The summed E-state index contributed by atoms with van der Waals surface area (Å²) in [5, 5.41) is 12.1. The van der Waals surface area contributed by atoms with Gasteiger partial charge in [-0.2, -0.15) is 13.2 Å². The van der Waals surface area contributed by atoms with Crippen molar-refractivity contribution in [1.29, 1.82) is 0 Å². The van der Waals surface area contributed by atoms with Crippen molar-refractivity contribution >= 4 is 11.8 Å². The third-order valence-corrected chi connectivity index (χ3v) is 8.47. The van der Waals surface area contributed by atoms with E-state index in [2.05, 4.69) is 0 Å². The van der Waals surface area contributed by atoms with Crippen LogP contribution in [0.5, 0.6) is 0 Å². The van der Waals surface area contributed by atoms with Gasteiger partial charge in [0.05, 0.1) is 24.1 Å². The Bertz CT molecular complexity index is 1330. The second kappa shape index (κ2) is 11.0. The molecule has 1 aromatic heterocycles. The van der Waals surface area contributed by atoms with Gasteiger partial charge in [0, 0.05) is 61.9 Å². The average molecular weight is 566 g/mol. The fourth-order valence-corrected chi connectivity index (χ4v) is 6.33. The van der Waals surface area contributed by atoms with E-state index < -0.39 is 52.7 Å². The zero-order valence-corrected chi connectivity index (χ0v) is 22.9. The van der Waals surface area contributed by atoms with E-state index >= 15 is 0 Å². The van der Waals surface area contributed by atoms with Crippen LogP contribution in [0.4, 0.5) is 17.6 Å². The number of carbonyl (C=O) groups is 2. The number of nitrogens with zero attached hydrogens (tertiary/aromatic N) is 3. The maximum absolute atomic E-state index is 14.7. The molecular formula is C29H35F4N3O4. The average Bonchev–Trinajstić information content (AvgIpc) is 3.35. The quantitative estimate of drug-likeness (QED) is 0.524. The first-order chi connectivity index (χ1) is 18.7. The van der Waals surface area contributed by atoms with Crippen LogP contribution in [0.1, 0.15) is 55.8 Å². The van der Waals surface area contributed by atoms with Crippen LogP contribution in [0.2, 0.25) is 0 Å². The number of rotatable bonds is 6. The number of benzene rings is 1. The van der Waals surface area contributed by atoms with Gasteiger partial charge in [-0.25, -0.2) is 4.39 Å². The number of carbonyl (C=O) groups excluding carboxylic acids is 2. The Hall–Kier alpha value is -3.21. The number of aromatic nitrogens is 1. The molecule has 2 amide bonds. The van der Waals surface area contributed by atoms with Gasteiger partial charge >= 0.3 is 6.18 Å². The zero-order valence-electron chi connectivity index (χ0n) is 22.9. The summed E-state index contributed by atoms with van der Waals surface area (Å²) >= 11 is 0. The van der Waals surface area contributed by atoms with E-state index in [0.29, 0.717) is 12.8 Å². The molecular weight excluding hydrogens is 530 g/mol. The first kappa shape index (κ1) is 29.8. The monoisotopic (exact) mass is 565 g/mol. The lowest BCUT2D eigenvalue weighted by Gasteiger charge is -2.52. The van der Waals surface area contributed by atoms with Gasteiger partial charge in [0.15, 0.2) is 0 Å². The van der Waals surface area contributed by atoms with Crippen molar-refractivity contribution in [3.8, 4) is 11.1 Å². The zero-order chi connectivity index (χ0) is 29.5. The number of pyridine rings is 1. The highest BCUT2D eigenvalue weighted by atomic mass is 19.4. The van der Waals surface area contributed by atoms with Crippen molar-refractivity contribution in [3.05, 3.63) is 58.3 Å². The molecule has 1 aromatic carbocycles. The van der Waals surface area contributed by atoms with Crippen LogP contribution in [0, 0.1) is 17.2 Å². The summed E-state index contributed by atoms with van der Waals surface area (Å²) in [5.41, 5.74) is -2.47. The molecule has 1 aliphatic carbocycles. The van der Waals surface area contributed by atoms with Crippen molar-refractivity contribution in [1.82, 2.24) is 14.4 Å². The molecule has 1 unspecified atom stereocenters. The predicted octanol–water partition coefficient (Wildman–Crippen LogP) is 4.47. The number of hydrogen-bond acceptors (Lipinski definition) is 4. The third kappa shape index (κ3) is 5.80. The first-order valence-corrected chi connectivity index (χ1v) is 13.5. The van der Waals surface area contributed by atoms with Gasteiger partial charge in [-0.15, -0.1) is 0 Å². The number of amides is 2. The highest BCUT2D eigenvalue weighted by Gasteiger charge is 2.56. The summed E-state index contributed by atoms with van der Waals surface area (Å²) in [6.07, 6.45) is -1.63. The van der Waals surface area contributed by atoms with Crippen LogP contribution in [0.15, 0.2) is 41.3 Å². The summed E-state index contributed by atoms with van der Waals surface area (Å²) in [4.78, 5) is 42.1. The molecule has 1 saturated heterocycles. The van der Waals surface area contributed by atoms with Gasteiger partial charge < -0.3 is 19.5 Å². The summed E-state index contributed by atoms with van der Waals surface area (Å²) in [7, 11) is 3.08. The number of hydrogen-bond donors (Lipinski definition) is 1. The molecule has 4 rings (SSSR count). The minimum atomic E-state index is -4.46. The van der Waals surface area contributed by atoms with Crippen LogP contribution in [0.3, 0.4) is 0 Å². The summed E-state index contributed by atoms with van der Waals surface area (Å²) in [6.45, 7) is 1.23. The highest BCUT2D eigenvalue weighted by Crippen LogP contribution is 2.52. The van der Waals surface area contributed by atoms with Crippen molar-refractivity contribution in [2.24, 2.45) is 11.3 Å². The van der Waals surface area contributed by atoms with Crippen molar-refractivity contribution in [2.45, 2.75) is 63.8 Å². The number of halogens is 4. The van der Waals surface area contributed by atoms with Gasteiger partial charge in [0.1, 0.15) is 5.82 Å². The van der Waals surface area contributed by atoms with E-state index in [1.54, 1.807) is 6.07 Å². The van der Waals surface area contributed by atoms with Gasteiger partial charge in [-0.05, 0) is 25.3 Å². The van der Waals surface area contributed by atoms with E-state index in [0.717, 1.165) is 12.8 Å². The van der Waals surface area contributed by atoms with E-state index in [-0.39, 0.29) is 42.7 Å². The van der Waals surface area contributed by atoms with Gasteiger partial charge in [-0.3, -0.25) is 14.4 Å². The minimum absolute atomic E-state index is 0.0465. The lowest BCUT2D eigenvalue weighted by atomic mass is 9.65. The van der Waals surface area contributed by atoms with E-state index in [1.807, 2.05) is 0 Å². The number of alkyl halides is 3. The lowest BCUT2D eigenvalue weighted by Crippen LogP contribution is -2.62. The summed E-state index contributed by atoms with van der Waals surface area (Å²) < 4.78 is 54.7. The second-order valence-electron chi connectivity index (χ2n) is 11.5. The van der Waals surface area contributed by atoms with Gasteiger partial charge in [0.2, 0.25) is 5.91 Å². The van der Waals surface area contributed by atoms with Crippen molar-refractivity contribution in [3.63, 3.8) is 0 Å². The number of likely N-dealkylation sites (tertiary alicyclic amines) is 1. The Kier molecular flexibility index (Phi) is 8.18. The lowest BCUT2D eigenvalue weighted by molar-refractivity contribution is -0.172. The molecule has 2 heterocycles. The van der Waals surface area contributed by atoms with Crippen LogP contribution in [0.25, 0.3) is 11.1 Å². The molecule has 0 radical (unpaired) electrons. The second-order valence-corrected chi connectivity index (χ2v) is 11.5. The molecule has 1 saturated carbocycles. The molecule has 7 nitrogen and oxygen atoms in total. The molecule has 1 spiro atoms. The normalized spacial score (nSPS) is 21.4. The Balaban J connectivity index is 1.69. The summed E-state index contributed by atoms with van der Waals surface area (Å²) in [6, 6.07) is 7.02. The fourth-order valence-electron chi connectivity index (χ4n) is 6.33. The van der Waals surface area contributed by atoms with Crippen LogP contribution < -0.4 is 5.56 Å². The van der Waals surface area contributed by atoms with Gasteiger partial charge in [0.25, 0.3) is 11.5 Å². The molecule has 11 heteroatoms. The van der Waals surface area contributed by atoms with Gasteiger partial charge in [-0.1, -0.05) is 38.0 Å². The highest BCUT2D eigenvalue weighted by molar-refractivity contribution is 6.00. The minimum Gasteiger partial charge on any atom is -0.387 e. The van der Waals surface area contributed by atoms with Crippen molar-refractivity contribution < 1.29 is 32.3 Å². The van der Waals surface area contributed by atoms with Crippen molar-refractivity contribution in [2.75, 3.05) is 27.2 Å². The Morgan fingerprint density at radius 2 is 1.75 bits per heavy atom. The van der Waals surface area contributed by atoms with Crippen LogP contribution >= 0.6 is 0 Å². The number of piperidine rings is 1. The molecule has 2 atom stereocenters. The van der Waals surface area contributed by atoms with Crippen LogP contribution in [-0.2, 0) is 11.3 Å². The molecule has 218 valence electrons. The summed E-state index contributed by atoms with van der Waals surface area (Å²) in [5.74, 6) is -2.88. The van der Waals surface area contributed by atoms with Crippen LogP contribution in [-0.4, -0.2) is 70.3 Å². The maximum atomic E-state index is 14.7. The fraction of sp³-hybridized carbons (Fsp3) is 0.552. The van der Waals surface area contributed by atoms with E-state index in [4.69, 9.17) is 0 Å². The maximum Gasteiger partial charge on any atom is 0.389 e. The molecule has 2 aromatic rings. The molecule has 40 heavy (non-hydrogen) atoms. The molecule has 1 N–H and O–H groups in total. The molecule has 0 bridgehead atoms.